The fourth-order valence-corrected chi connectivity index (χ4v) is 6.14. The molecule has 5 heteroatoms. The Hall–Kier alpha value is -2.63. The van der Waals surface area contributed by atoms with Crippen molar-refractivity contribution in [3.63, 3.8) is 0 Å². The normalized spacial score (nSPS) is 22.1. The maximum Gasteiger partial charge on any atom is 0.248 e. The van der Waals surface area contributed by atoms with E-state index in [1.54, 1.807) is 6.07 Å². The number of hydrogen-bond acceptors (Lipinski definition) is 4. The van der Waals surface area contributed by atoms with Gasteiger partial charge >= 0.3 is 0 Å². The molecule has 0 aliphatic heterocycles. The Kier molecular flexibility index (Phi) is 7.31. The number of benzene rings is 2. The molecule has 0 saturated heterocycles. The Morgan fingerprint density at radius 1 is 0.941 bits per heavy atom. The summed E-state index contributed by atoms with van der Waals surface area (Å²) in [6, 6.07) is 17.6. The van der Waals surface area contributed by atoms with Crippen molar-refractivity contribution in [1.29, 1.82) is 0 Å². The molecule has 0 radical (unpaired) electrons. The van der Waals surface area contributed by atoms with E-state index in [2.05, 4.69) is 10.3 Å². The quantitative estimate of drug-likeness (QED) is 0.416. The Morgan fingerprint density at radius 2 is 1.76 bits per heavy atom. The smallest absolute Gasteiger partial charge is 0.248 e. The molecule has 3 atom stereocenters. The summed E-state index contributed by atoms with van der Waals surface area (Å²) in [7, 11) is 0. The van der Waals surface area contributed by atoms with Crippen LogP contribution in [-0.4, -0.2) is 22.7 Å². The lowest BCUT2D eigenvalue weighted by Gasteiger charge is -2.32. The first-order chi connectivity index (χ1) is 16.7. The number of rotatable bonds is 8. The molecular formula is C29H36N2O3. The average Bonchev–Trinajstić information content (AvgIpc) is 3.35. The predicted octanol–water partition coefficient (Wildman–Crippen LogP) is 5.48. The van der Waals surface area contributed by atoms with E-state index in [1.807, 2.05) is 42.5 Å². The largest absolute Gasteiger partial charge is 0.487 e. The number of pyridine rings is 1. The van der Waals surface area contributed by atoms with Crippen LogP contribution in [-0.2, 0) is 6.61 Å². The van der Waals surface area contributed by atoms with Gasteiger partial charge in [-0.15, -0.1) is 0 Å². The molecular weight excluding hydrogens is 424 g/mol. The molecule has 5 rings (SSSR count). The van der Waals surface area contributed by atoms with Crippen molar-refractivity contribution in [2.75, 3.05) is 6.54 Å². The van der Waals surface area contributed by atoms with E-state index in [1.165, 1.54) is 57.4 Å². The Bertz CT molecular complexity index is 1140. The molecule has 34 heavy (non-hydrogen) atoms. The van der Waals surface area contributed by atoms with Crippen molar-refractivity contribution < 1.29 is 9.84 Å². The van der Waals surface area contributed by atoms with Crippen molar-refractivity contribution in [2.45, 2.75) is 70.1 Å². The molecule has 3 aromatic rings. The van der Waals surface area contributed by atoms with Crippen LogP contribution >= 0.6 is 0 Å². The van der Waals surface area contributed by atoms with E-state index < -0.39 is 6.10 Å². The molecule has 1 unspecified atom stereocenters. The highest BCUT2D eigenvalue weighted by molar-refractivity contribution is 5.87. The lowest BCUT2D eigenvalue weighted by molar-refractivity contribution is 0.155. The standard InChI is InChI=1S/C29H36N2O3/c32-26(18-30-25-13-7-12-22(25)21-10-5-2-6-11-21)23-14-16-27(29-24(23)15-17-28(33)31-29)34-19-20-8-3-1-4-9-20/h1,3-4,8-9,14-17,21-22,25-26,30,32H,2,5-7,10-13,18-19H2,(H,31,33)/t22-,25+,26?/m0/s1. The lowest BCUT2D eigenvalue weighted by atomic mass is 9.77. The predicted molar refractivity (Wildman–Crippen MR) is 136 cm³/mol. The van der Waals surface area contributed by atoms with Crippen LogP contribution in [0.2, 0.25) is 0 Å². The zero-order valence-corrected chi connectivity index (χ0v) is 19.8. The summed E-state index contributed by atoms with van der Waals surface area (Å²) < 4.78 is 6.05. The number of H-pyrrole nitrogens is 1. The van der Waals surface area contributed by atoms with Gasteiger partial charge < -0.3 is 20.1 Å². The van der Waals surface area contributed by atoms with Crippen molar-refractivity contribution in [3.8, 4) is 5.75 Å². The summed E-state index contributed by atoms with van der Waals surface area (Å²) in [4.78, 5) is 15.0. The number of aliphatic hydroxyl groups excluding tert-OH is 1. The highest BCUT2D eigenvalue weighted by Gasteiger charge is 2.34. The lowest BCUT2D eigenvalue weighted by Crippen LogP contribution is -2.38. The highest BCUT2D eigenvalue weighted by Crippen LogP contribution is 2.40. The monoisotopic (exact) mass is 460 g/mol. The number of aromatic amines is 1. The van der Waals surface area contributed by atoms with Crippen molar-refractivity contribution >= 4 is 10.9 Å². The van der Waals surface area contributed by atoms with Gasteiger partial charge in [0.05, 0.1) is 11.6 Å². The third-order valence-electron chi connectivity index (χ3n) is 7.88. The van der Waals surface area contributed by atoms with Crippen LogP contribution in [0.5, 0.6) is 5.75 Å². The fourth-order valence-electron chi connectivity index (χ4n) is 6.14. The number of aliphatic hydroxyl groups is 1. The number of hydrogen-bond donors (Lipinski definition) is 3. The number of aromatic nitrogens is 1. The van der Waals surface area contributed by atoms with Gasteiger partial charge in [0.1, 0.15) is 12.4 Å². The van der Waals surface area contributed by atoms with Crippen molar-refractivity contribution in [1.82, 2.24) is 10.3 Å². The second-order valence-electron chi connectivity index (χ2n) is 10.1. The van der Waals surface area contributed by atoms with E-state index in [0.29, 0.717) is 30.5 Å². The number of nitrogens with one attached hydrogen (secondary N) is 2. The molecule has 2 aliphatic rings. The van der Waals surface area contributed by atoms with Gasteiger partial charge in [0, 0.05) is 24.0 Å². The second kappa shape index (κ2) is 10.7. The second-order valence-corrected chi connectivity index (χ2v) is 10.1. The molecule has 0 amide bonds. The van der Waals surface area contributed by atoms with Gasteiger partial charge in [0.15, 0.2) is 0 Å². The van der Waals surface area contributed by atoms with E-state index in [-0.39, 0.29) is 5.56 Å². The average molecular weight is 461 g/mol. The third-order valence-corrected chi connectivity index (χ3v) is 7.88. The molecule has 0 spiro atoms. The van der Waals surface area contributed by atoms with Crippen LogP contribution in [0.1, 0.15) is 68.6 Å². The van der Waals surface area contributed by atoms with E-state index >= 15 is 0 Å². The summed E-state index contributed by atoms with van der Waals surface area (Å²) in [6.07, 6.45) is 10.0. The molecule has 1 heterocycles. The van der Waals surface area contributed by atoms with E-state index in [9.17, 15) is 9.90 Å². The van der Waals surface area contributed by atoms with Gasteiger partial charge in [-0.1, -0.05) is 74.9 Å². The molecule has 2 aromatic carbocycles. The summed E-state index contributed by atoms with van der Waals surface area (Å²) in [5.74, 6) is 2.21. The number of ether oxygens (including phenoxy) is 1. The van der Waals surface area contributed by atoms with Gasteiger partial charge in [0.25, 0.3) is 0 Å². The molecule has 5 nitrogen and oxygen atoms in total. The van der Waals surface area contributed by atoms with Gasteiger partial charge in [0.2, 0.25) is 5.56 Å². The van der Waals surface area contributed by atoms with Crippen LogP contribution in [0.25, 0.3) is 10.9 Å². The van der Waals surface area contributed by atoms with Gasteiger partial charge in [-0.3, -0.25) is 4.79 Å². The van der Waals surface area contributed by atoms with Crippen molar-refractivity contribution in [2.24, 2.45) is 11.8 Å². The highest BCUT2D eigenvalue weighted by atomic mass is 16.5. The molecule has 2 saturated carbocycles. The van der Waals surface area contributed by atoms with Crippen LogP contribution in [0.4, 0.5) is 0 Å². The third kappa shape index (κ3) is 5.21. The Labute approximate surface area is 201 Å². The van der Waals surface area contributed by atoms with Gasteiger partial charge in [-0.2, -0.15) is 0 Å². The fraction of sp³-hybridized carbons (Fsp3) is 0.483. The minimum absolute atomic E-state index is 0.178. The maximum atomic E-state index is 12.1. The molecule has 2 fully saturated rings. The summed E-state index contributed by atoms with van der Waals surface area (Å²) in [5, 5.41) is 15.7. The number of fused-ring (bicyclic) bond motifs is 1. The molecule has 1 aromatic heterocycles. The first kappa shape index (κ1) is 23.1. The zero-order chi connectivity index (χ0) is 23.3. The van der Waals surface area contributed by atoms with Crippen LogP contribution in [0.15, 0.2) is 59.4 Å². The summed E-state index contributed by atoms with van der Waals surface area (Å²) >= 11 is 0. The first-order valence-corrected chi connectivity index (χ1v) is 12.9. The maximum absolute atomic E-state index is 12.1. The minimum Gasteiger partial charge on any atom is -0.487 e. The van der Waals surface area contributed by atoms with E-state index in [4.69, 9.17) is 4.74 Å². The first-order valence-electron chi connectivity index (χ1n) is 12.9. The minimum atomic E-state index is -0.649. The van der Waals surface area contributed by atoms with Gasteiger partial charge in [-0.25, -0.2) is 0 Å². The topological polar surface area (TPSA) is 74.3 Å². The summed E-state index contributed by atoms with van der Waals surface area (Å²) in [6.45, 7) is 0.937. The molecule has 3 N–H and O–H groups in total. The molecule has 180 valence electrons. The Morgan fingerprint density at radius 3 is 2.59 bits per heavy atom. The van der Waals surface area contributed by atoms with Crippen LogP contribution < -0.4 is 15.6 Å². The molecule has 0 bridgehead atoms. The van der Waals surface area contributed by atoms with Crippen molar-refractivity contribution in [3.05, 3.63) is 76.1 Å². The van der Waals surface area contributed by atoms with Gasteiger partial charge in [-0.05, 0) is 47.9 Å². The Balaban J connectivity index is 1.30. The van der Waals surface area contributed by atoms with Crippen LogP contribution in [0, 0.1) is 11.8 Å². The SMILES string of the molecule is O=c1ccc2c(C(O)CN[C@@H]3CCC[C@H]3C3CCCCC3)ccc(OCc3ccccc3)c2[nH]1. The molecule has 2 aliphatic carbocycles. The van der Waals surface area contributed by atoms with E-state index in [0.717, 1.165) is 28.3 Å². The van der Waals surface area contributed by atoms with Crippen LogP contribution in [0.3, 0.4) is 0 Å². The zero-order valence-electron chi connectivity index (χ0n) is 19.8. The summed E-state index contributed by atoms with van der Waals surface area (Å²) in [5.41, 5.74) is 2.34.